The van der Waals surface area contributed by atoms with Crippen LogP contribution < -0.4 is 10.1 Å². The highest BCUT2D eigenvalue weighted by Crippen LogP contribution is 2.29. The van der Waals surface area contributed by atoms with Gasteiger partial charge in [-0.2, -0.15) is 0 Å². The van der Waals surface area contributed by atoms with E-state index in [-0.39, 0.29) is 18.3 Å². The molecule has 1 saturated carbocycles. The Morgan fingerprint density at radius 1 is 1.33 bits per heavy atom. The van der Waals surface area contributed by atoms with Crippen LogP contribution in [0.2, 0.25) is 0 Å². The average molecular weight is 354 g/mol. The van der Waals surface area contributed by atoms with Crippen molar-refractivity contribution in [1.82, 2.24) is 15.1 Å². The van der Waals surface area contributed by atoms with Crippen LogP contribution in [0.25, 0.3) is 0 Å². The van der Waals surface area contributed by atoms with Crippen molar-refractivity contribution in [3.8, 4) is 5.75 Å². The van der Waals surface area contributed by atoms with E-state index in [0.29, 0.717) is 25.2 Å². The first kappa shape index (κ1) is 19.0. The van der Waals surface area contributed by atoms with Crippen LogP contribution in [0.5, 0.6) is 5.75 Å². The minimum Gasteiger partial charge on any atom is -0.497 e. The monoisotopic (exact) mass is 353 g/mol. The summed E-state index contributed by atoms with van der Waals surface area (Å²) in [5.74, 6) is 1.12. The summed E-state index contributed by atoms with van der Waals surface area (Å²) in [5.41, 5.74) is 1.17. The van der Waals surface area contributed by atoms with Crippen molar-refractivity contribution in [2.45, 2.75) is 38.4 Å². The standard InChI is InChI=1S/C18H27N3O2.ClH/c1-14-11-19-9-10-20(14)13-18(22)21(16-5-6-16)12-15-3-7-17(23-2)8-4-15;/h3-4,7-8,14,16,19H,5-6,9-13H2,1-2H3;1H/t14-;/m0./s1. The van der Waals surface area contributed by atoms with Gasteiger partial charge in [0.15, 0.2) is 0 Å². The highest BCUT2D eigenvalue weighted by molar-refractivity contribution is 5.85. The van der Waals surface area contributed by atoms with E-state index in [9.17, 15) is 4.79 Å². The number of hydrogen-bond donors (Lipinski definition) is 1. The molecule has 24 heavy (non-hydrogen) atoms. The molecule has 1 aliphatic heterocycles. The molecule has 1 aliphatic carbocycles. The van der Waals surface area contributed by atoms with Gasteiger partial charge in [-0.05, 0) is 37.5 Å². The Morgan fingerprint density at radius 3 is 2.62 bits per heavy atom. The Balaban J connectivity index is 0.00000208. The zero-order valence-electron chi connectivity index (χ0n) is 14.5. The molecule has 1 heterocycles. The maximum Gasteiger partial charge on any atom is 0.237 e. The number of hydrogen-bond acceptors (Lipinski definition) is 4. The molecule has 1 amide bonds. The second-order valence-electron chi connectivity index (χ2n) is 6.62. The van der Waals surface area contributed by atoms with Gasteiger partial charge in [0.2, 0.25) is 5.91 Å². The Bertz CT molecular complexity index is 534. The Kier molecular flexibility index (Phi) is 6.90. The number of benzene rings is 1. The van der Waals surface area contributed by atoms with E-state index in [1.807, 2.05) is 12.1 Å². The smallest absolute Gasteiger partial charge is 0.237 e. The second kappa shape index (κ2) is 8.70. The van der Waals surface area contributed by atoms with Gasteiger partial charge >= 0.3 is 0 Å². The summed E-state index contributed by atoms with van der Waals surface area (Å²) in [7, 11) is 1.67. The number of nitrogens with one attached hydrogen (secondary N) is 1. The van der Waals surface area contributed by atoms with Crippen LogP contribution in [-0.4, -0.2) is 61.1 Å². The summed E-state index contributed by atoms with van der Waals surface area (Å²) < 4.78 is 5.20. The van der Waals surface area contributed by atoms with Crippen molar-refractivity contribution in [3.05, 3.63) is 29.8 Å². The van der Waals surface area contributed by atoms with E-state index in [0.717, 1.165) is 38.2 Å². The van der Waals surface area contributed by atoms with Gasteiger partial charge in [0.25, 0.3) is 0 Å². The largest absolute Gasteiger partial charge is 0.497 e. The number of rotatable bonds is 6. The number of methoxy groups -OCH3 is 1. The average Bonchev–Trinajstić information content (AvgIpc) is 3.40. The SMILES string of the molecule is COc1ccc(CN(C(=O)CN2CCNC[C@@H]2C)C2CC2)cc1.Cl. The quantitative estimate of drug-likeness (QED) is 0.848. The van der Waals surface area contributed by atoms with Gasteiger partial charge in [0.05, 0.1) is 13.7 Å². The van der Waals surface area contributed by atoms with Crippen molar-refractivity contribution in [1.29, 1.82) is 0 Å². The van der Waals surface area contributed by atoms with Crippen LogP contribution in [0.4, 0.5) is 0 Å². The molecule has 0 aromatic heterocycles. The zero-order chi connectivity index (χ0) is 16.2. The predicted molar refractivity (Wildman–Crippen MR) is 97.7 cm³/mol. The fourth-order valence-corrected chi connectivity index (χ4v) is 3.12. The molecule has 3 rings (SSSR count). The van der Waals surface area contributed by atoms with Crippen molar-refractivity contribution in [2.24, 2.45) is 0 Å². The fraction of sp³-hybridized carbons (Fsp3) is 0.611. The Morgan fingerprint density at radius 2 is 2.04 bits per heavy atom. The molecule has 1 aromatic carbocycles. The second-order valence-corrected chi connectivity index (χ2v) is 6.62. The van der Waals surface area contributed by atoms with E-state index < -0.39 is 0 Å². The lowest BCUT2D eigenvalue weighted by Crippen LogP contribution is -2.53. The lowest BCUT2D eigenvalue weighted by Gasteiger charge is -2.35. The van der Waals surface area contributed by atoms with Crippen LogP contribution in [0.3, 0.4) is 0 Å². The maximum atomic E-state index is 12.8. The first-order valence-corrected chi connectivity index (χ1v) is 8.54. The van der Waals surface area contributed by atoms with E-state index in [2.05, 4.69) is 34.2 Å². The van der Waals surface area contributed by atoms with Crippen LogP contribution in [-0.2, 0) is 11.3 Å². The molecule has 1 atom stereocenters. The molecule has 134 valence electrons. The summed E-state index contributed by atoms with van der Waals surface area (Å²) >= 11 is 0. The maximum absolute atomic E-state index is 12.8. The molecule has 2 fully saturated rings. The van der Waals surface area contributed by atoms with Crippen LogP contribution in [0.1, 0.15) is 25.3 Å². The molecule has 0 spiro atoms. The van der Waals surface area contributed by atoms with Crippen molar-refractivity contribution in [2.75, 3.05) is 33.3 Å². The molecule has 0 bridgehead atoms. The Labute approximate surface area is 150 Å². The first-order chi connectivity index (χ1) is 11.2. The van der Waals surface area contributed by atoms with E-state index in [1.165, 1.54) is 5.56 Å². The van der Waals surface area contributed by atoms with Crippen molar-refractivity contribution in [3.63, 3.8) is 0 Å². The highest BCUT2D eigenvalue weighted by Gasteiger charge is 2.33. The van der Waals surface area contributed by atoms with Gasteiger partial charge in [-0.25, -0.2) is 0 Å². The molecule has 1 N–H and O–H groups in total. The summed E-state index contributed by atoms with van der Waals surface area (Å²) in [4.78, 5) is 17.2. The third-order valence-corrected chi connectivity index (χ3v) is 4.80. The molecule has 1 aromatic rings. The number of nitrogens with zero attached hydrogens (tertiary/aromatic N) is 2. The van der Waals surface area contributed by atoms with Gasteiger partial charge in [0, 0.05) is 38.3 Å². The van der Waals surface area contributed by atoms with Gasteiger partial charge in [-0.1, -0.05) is 12.1 Å². The number of carbonyl (C=O) groups excluding carboxylic acids is 1. The van der Waals surface area contributed by atoms with E-state index >= 15 is 0 Å². The number of amides is 1. The first-order valence-electron chi connectivity index (χ1n) is 8.54. The highest BCUT2D eigenvalue weighted by atomic mass is 35.5. The van der Waals surface area contributed by atoms with Crippen molar-refractivity contribution >= 4 is 18.3 Å². The lowest BCUT2D eigenvalue weighted by atomic mass is 10.2. The number of halogens is 1. The lowest BCUT2D eigenvalue weighted by molar-refractivity contribution is -0.134. The predicted octanol–water partition coefficient (Wildman–Crippen LogP) is 1.90. The number of ether oxygens (including phenoxy) is 1. The normalized spacial score (nSPS) is 21.0. The van der Waals surface area contributed by atoms with Gasteiger partial charge in [0.1, 0.15) is 5.75 Å². The molecule has 0 unspecified atom stereocenters. The van der Waals surface area contributed by atoms with Gasteiger partial charge < -0.3 is 15.0 Å². The Hall–Kier alpha value is -1.30. The summed E-state index contributed by atoms with van der Waals surface area (Å²) in [6, 6.07) is 8.88. The van der Waals surface area contributed by atoms with E-state index in [1.54, 1.807) is 7.11 Å². The zero-order valence-corrected chi connectivity index (χ0v) is 15.3. The number of piperazine rings is 1. The van der Waals surface area contributed by atoms with Gasteiger partial charge in [-0.3, -0.25) is 9.69 Å². The summed E-state index contributed by atoms with van der Waals surface area (Å²) in [6.07, 6.45) is 2.28. The van der Waals surface area contributed by atoms with Crippen molar-refractivity contribution < 1.29 is 9.53 Å². The molecule has 0 radical (unpaired) electrons. The minimum atomic E-state index is 0. The summed E-state index contributed by atoms with van der Waals surface area (Å²) in [6.45, 7) is 6.32. The molecule has 5 nitrogen and oxygen atoms in total. The third-order valence-electron chi connectivity index (χ3n) is 4.80. The van der Waals surface area contributed by atoms with Gasteiger partial charge in [-0.15, -0.1) is 12.4 Å². The van der Waals surface area contributed by atoms with Crippen LogP contribution in [0.15, 0.2) is 24.3 Å². The molecule has 6 heteroatoms. The fourth-order valence-electron chi connectivity index (χ4n) is 3.12. The van der Waals surface area contributed by atoms with Crippen LogP contribution in [0, 0.1) is 0 Å². The van der Waals surface area contributed by atoms with E-state index in [4.69, 9.17) is 4.74 Å². The topological polar surface area (TPSA) is 44.8 Å². The molecular formula is C18H28ClN3O2. The molecule has 2 aliphatic rings. The molecule has 1 saturated heterocycles. The summed E-state index contributed by atoms with van der Waals surface area (Å²) in [5, 5.41) is 3.37. The minimum absolute atomic E-state index is 0. The number of carbonyl (C=O) groups is 1. The van der Waals surface area contributed by atoms with Crippen LogP contribution >= 0.6 is 12.4 Å². The molecular weight excluding hydrogens is 326 g/mol. The third kappa shape index (κ3) is 4.85.